The second-order valence-electron chi connectivity index (χ2n) is 8.26. The Labute approximate surface area is 190 Å². The lowest BCUT2D eigenvalue weighted by Gasteiger charge is -2.36. The molecule has 0 saturated carbocycles. The maximum absolute atomic E-state index is 13.4. The SMILES string of the molecule is CC1(c2ccc(OCc3cc(Cl)nc(Cl)c3)cc2)CC2CCCC(C(=O)NO)N2C1=O. The molecule has 0 radical (unpaired) electrons. The second kappa shape index (κ2) is 8.65. The van der Waals surface area contributed by atoms with Gasteiger partial charge in [-0.2, -0.15) is 0 Å². The highest BCUT2D eigenvalue weighted by atomic mass is 35.5. The number of ether oxygens (including phenoxy) is 1. The van der Waals surface area contributed by atoms with Crippen molar-refractivity contribution in [1.82, 2.24) is 15.4 Å². The predicted octanol–water partition coefficient (Wildman–Crippen LogP) is 3.88. The van der Waals surface area contributed by atoms with Gasteiger partial charge in [-0.15, -0.1) is 0 Å². The van der Waals surface area contributed by atoms with Crippen molar-refractivity contribution < 1.29 is 19.5 Å². The molecule has 31 heavy (non-hydrogen) atoms. The van der Waals surface area contributed by atoms with Crippen molar-refractivity contribution in [2.24, 2.45) is 0 Å². The molecule has 2 aromatic rings. The average Bonchev–Trinajstić information content (AvgIpc) is 3.02. The van der Waals surface area contributed by atoms with Crippen LogP contribution in [0, 0.1) is 0 Å². The molecule has 7 nitrogen and oxygen atoms in total. The number of amides is 2. The molecule has 2 N–H and O–H groups in total. The van der Waals surface area contributed by atoms with Crippen LogP contribution in [0.25, 0.3) is 0 Å². The number of nitrogens with one attached hydrogen (secondary N) is 1. The van der Waals surface area contributed by atoms with E-state index < -0.39 is 17.4 Å². The normalized spacial score (nSPS) is 25.3. The smallest absolute Gasteiger partial charge is 0.266 e. The number of nitrogens with zero attached hydrogens (tertiary/aromatic N) is 2. The molecule has 3 atom stereocenters. The van der Waals surface area contributed by atoms with Crippen molar-refractivity contribution in [3.63, 3.8) is 0 Å². The van der Waals surface area contributed by atoms with Crippen LogP contribution in [0.2, 0.25) is 10.3 Å². The Kier molecular flexibility index (Phi) is 6.10. The van der Waals surface area contributed by atoms with Crippen LogP contribution < -0.4 is 10.2 Å². The molecular weight excluding hydrogens is 441 g/mol. The van der Waals surface area contributed by atoms with E-state index in [4.69, 9.17) is 33.1 Å². The number of aromatic nitrogens is 1. The first-order valence-electron chi connectivity index (χ1n) is 10.1. The highest BCUT2D eigenvalue weighted by Crippen LogP contribution is 2.44. The molecule has 2 aliphatic heterocycles. The number of benzene rings is 1. The van der Waals surface area contributed by atoms with E-state index in [0.29, 0.717) is 28.9 Å². The fourth-order valence-corrected chi connectivity index (χ4v) is 5.19. The van der Waals surface area contributed by atoms with Crippen molar-refractivity contribution in [2.45, 2.75) is 56.7 Å². The minimum absolute atomic E-state index is 0.00864. The van der Waals surface area contributed by atoms with Gasteiger partial charge in [0.05, 0.1) is 5.41 Å². The van der Waals surface area contributed by atoms with Gasteiger partial charge >= 0.3 is 0 Å². The van der Waals surface area contributed by atoms with Gasteiger partial charge in [-0.1, -0.05) is 35.3 Å². The molecule has 1 aromatic carbocycles. The number of carbonyl (C=O) groups excluding carboxylic acids is 2. The van der Waals surface area contributed by atoms with Crippen LogP contribution >= 0.6 is 23.2 Å². The zero-order chi connectivity index (χ0) is 22.2. The van der Waals surface area contributed by atoms with E-state index in [1.807, 2.05) is 31.2 Å². The highest BCUT2D eigenvalue weighted by Gasteiger charge is 2.53. The fourth-order valence-electron chi connectivity index (χ4n) is 4.69. The zero-order valence-corrected chi connectivity index (χ0v) is 18.5. The molecule has 4 rings (SSSR count). The third kappa shape index (κ3) is 4.22. The molecule has 0 spiro atoms. The number of rotatable bonds is 5. The molecule has 0 bridgehead atoms. The lowest BCUT2D eigenvalue weighted by Crippen LogP contribution is -2.53. The van der Waals surface area contributed by atoms with Crippen LogP contribution in [0.4, 0.5) is 0 Å². The summed E-state index contributed by atoms with van der Waals surface area (Å²) in [5.74, 6) is 0.0417. The quantitative estimate of drug-likeness (QED) is 0.398. The lowest BCUT2D eigenvalue weighted by molar-refractivity contribution is -0.147. The lowest BCUT2D eigenvalue weighted by atomic mass is 9.79. The number of pyridine rings is 1. The summed E-state index contributed by atoms with van der Waals surface area (Å²) in [7, 11) is 0. The van der Waals surface area contributed by atoms with E-state index in [2.05, 4.69) is 4.98 Å². The van der Waals surface area contributed by atoms with Gasteiger partial charge in [-0.05, 0) is 68.0 Å². The van der Waals surface area contributed by atoms with Gasteiger partial charge in [-0.3, -0.25) is 14.8 Å². The van der Waals surface area contributed by atoms with Crippen molar-refractivity contribution in [3.8, 4) is 5.75 Å². The van der Waals surface area contributed by atoms with Gasteiger partial charge in [0.15, 0.2) is 0 Å². The summed E-state index contributed by atoms with van der Waals surface area (Å²) >= 11 is 11.8. The summed E-state index contributed by atoms with van der Waals surface area (Å²) in [6, 6.07) is 10.2. The zero-order valence-electron chi connectivity index (χ0n) is 17.0. The summed E-state index contributed by atoms with van der Waals surface area (Å²) in [4.78, 5) is 31.0. The number of hydrogen-bond donors (Lipinski definition) is 2. The van der Waals surface area contributed by atoms with E-state index in [-0.39, 0.29) is 18.6 Å². The van der Waals surface area contributed by atoms with Gasteiger partial charge in [-0.25, -0.2) is 10.5 Å². The topological polar surface area (TPSA) is 91.8 Å². The Hall–Kier alpha value is -2.35. The number of piperidine rings is 1. The van der Waals surface area contributed by atoms with Gasteiger partial charge in [0.1, 0.15) is 28.7 Å². The second-order valence-corrected chi connectivity index (χ2v) is 9.03. The summed E-state index contributed by atoms with van der Waals surface area (Å²) in [5, 5.41) is 9.67. The van der Waals surface area contributed by atoms with E-state index in [9.17, 15) is 9.59 Å². The van der Waals surface area contributed by atoms with Crippen LogP contribution in [0.1, 0.15) is 43.7 Å². The Bertz CT molecular complexity index is 981. The van der Waals surface area contributed by atoms with Crippen molar-refractivity contribution in [1.29, 1.82) is 0 Å². The maximum atomic E-state index is 13.4. The minimum atomic E-state index is -0.728. The number of halogens is 2. The number of fused-ring (bicyclic) bond motifs is 1. The molecule has 0 aliphatic carbocycles. The van der Waals surface area contributed by atoms with Crippen LogP contribution in [0.3, 0.4) is 0 Å². The number of hydrogen-bond acceptors (Lipinski definition) is 5. The molecule has 2 aliphatic rings. The van der Waals surface area contributed by atoms with E-state index in [1.54, 1.807) is 22.5 Å². The number of hydroxylamine groups is 1. The monoisotopic (exact) mass is 463 g/mol. The van der Waals surface area contributed by atoms with E-state index in [1.165, 1.54) is 0 Å². The van der Waals surface area contributed by atoms with Crippen molar-refractivity contribution in [3.05, 3.63) is 57.8 Å². The summed E-state index contributed by atoms with van der Waals surface area (Å²) < 4.78 is 5.82. The predicted molar refractivity (Wildman–Crippen MR) is 115 cm³/mol. The Morgan fingerprint density at radius 2 is 1.94 bits per heavy atom. The van der Waals surface area contributed by atoms with Gasteiger partial charge in [0, 0.05) is 6.04 Å². The van der Waals surface area contributed by atoms with Crippen molar-refractivity contribution in [2.75, 3.05) is 0 Å². The first-order chi connectivity index (χ1) is 14.8. The number of carbonyl (C=O) groups is 2. The van der Waals surface area contributed by atoms with Crippen LogP contribution in [-0.2, 0) is 21.6 Å². The molecule has 3 heterocycles. The van der Waals surface area contributed by atoms with Gasteiger partial charge in [0.25, 0.3) is 5.91 Å². The third-order valence-corrected chi connectivity index (χ3v) is 6.61. The first-order valence-corrected chi connectivity index (χ1v) is 10.9. The molecule has 2 amide bonds. The summed E-state index contributed by atoms with van der Waals surface area (Å²) in [6.45, 7) is 2.20. The fraction of sp³-hybridized carbons (Fsp3) is 0.409. The summed E-state index contributed by atoms with van der Waals surface area (Å²) in [6.07, 6.45) is 2.89. The largest absolute Gasteiger partial charge is 0.489 e. The molecule has 2 fully saturated rings. The van der Waals surface area contributed by atoms with Crippen LogP contribution in [0.5, 0.6) is 5.75 Å². The molecule has 1 aromatic heterocycles. The van der Waals surface area contributed by atoms with Gasteiger partial charge in [0.2, 0.25) is 5.91 Å². The first kappa shape index (κ1) is 21.9. The van der Waals surface area contributed by atoms with Gasteiger partial charge < -0.3 is 9.64 Å². The standard InChI is InChI=1S/C22H23Cl2N3O4/c1-22(11-15-3-2-4-17(20(28)26-30)27(15)21(22)29)14-5-7-16(8-6-14)31-12-13-9-18(23)25-19(24)10-13/h5-10,15,17,30H,2-4,11-12H2,1H3,(H,26,28). The average molecular weight is 464 g/mol. The van der Waals surface area contributed by atoms with E-state index in [0.717, 1.165) is 24.0 Å². The molecule has 164 valence electrons. The molecule has 3 unspecified atom stereocenters. The van der Waals surface area contributed by atoms with Crippen LogP contribution in [-0.4, -0.2) is 39.0 Å². The molecule has 2 saturated heterocycles. The van der Waals surface area contributed by atoms with E-state index >= 15 is 0 Å². The third-order valence-electron chi connectivity index (χ3n) is 6.23. The minimum Gasteiger partial charge on any atom is -0.489 e. The summed E-state index contributed by atoms with van der Waals surface area (Å²) in [5.41, 5.74) is 2.65. The molecule has 9 heteroatoms. The highest BCUT2D eigenvalue weighted by molar-refractivity contribution is 6.32. The van der Waals surface area contributed by atoms with Crippen molar-refractivity contribution >= 4 is 35.0 Å². The molecular formula is C22H23Cl2N3O4. The Morgan fingerprint density at radius 1 is 1.26 bits per heavy atom. The van der Waals surface area contributed by atoms with Crippen LogP contribution in [0.15, 0.2) is 36.4 Å². The Morgan fingerprint density at radius 3 is 2.58 bits per heavy atom. The Balaban J connectivity index is 1.49. The maximum Gasteiger partial charge on any atom is 0.266 e.